The number of carbonyl (C=O) groups excluding carboxylic acids is 2. The van der Waals surface area contributed by atoms with Crippen molar-refractivity contribution in [2.45, 2.75) is 39.2 Å². The summed E-state index contributed by atoms with van der Waals surface area (Å²) in [6.45, 7) is 10.0. The topological polar surface area (TPSA) is 71.1 Å². The highest BCUT2D eigenvalue weighted by molar-refractivity contribution is 5.77. The zero-order valence-electron chi connectivity index (χ0n) is 16.6. The van der Waals surface area contributed by atoms with E-state index in [1.54, 1.807) is 4.90 Å². The standard InChI is InChI=1S/C20H31N3O4/c1-20(2,3)23(12-9-17-7-5-4-6-8-17)19(25)27-21-18(24)10-11-22-13-15-26-16-14-22/h4-8H,9-16H2,1-3H3,(H,21,24). The van der Waals surface area contributed by atoms with Gasteiger partial charge in [-0.3, -0.25) is 9.69 Å². The van der Waals surface area contributed by atoms with Gasteiger partial charge in [-0.15, -0.1) is 0 Å². The molecule has 0 aliphatic carbocycles. The number of amides is 2. The monoisotopic (exact) mass is 377 g/mol. The number of benzene rings is 1. The van der Waals surface area contributed by atoms with Gasteiger partial charge in [-0.25, -0.2) is 4.79 Å². The second-order valence-electron chi connectivity index (χ2n) is 7.66. The molecule has 1 aliphatic heterocycles. The van der Waals surface area contributed by atoms with E-state index in [0.717, 1.165) is 25.1 Å². The first-order valence-electron chi connectivity index (χ1n) is 9.47. The Hall–Kier alpha value is -2.12. The maximum atomic E-state index is 12.5. The van der Waals surface area contributed by atoms with Crippen molar-refractivity contribution in [2.24, 2.45) is 0 Å². The molecule has 0 aromatic heterocycles. The zero-order chi connectivity index (χ0) is 19.7. The highest BCUT2D eigenvalue weighted by atomic mass is 16.7. The smallest absolute Gasteiger partial charge is 0.379 e. The van der Waals surface area contributed by atoms with Gasteiger partial charge < -0.3 is 14.5 Å². The van der Waals surface area contributed by atoms with Crippen molar-refractivity contribution < 1.29 is 19.2 Å². The molecule has 0 spiro atoms. The van der Waals surface area contributed by atoms with Gasteiger partial charge in [0.15, 0.2) is 0 Å². The van der Waals surface area contributed by atoms with Crippen LogP contribution in [0.5, 0.6) is 0 Å². The number of hydrogen-bond donors (Lipinski definition) is 1. The summed E-state index contributed by atoms with van der Waals surface area (Å²) in [4.78, 5) is 33.3. The van der Waals surface area contributed by atoms with E-state index in [2.05, 4.69) is 10.4 Å². The van der Waals surface area contributed by atoms with E-state index in [0.29, 0.717) is 26.3 Å². The van der Waals surface area contributed by atoms with E-state index in [1.165, 1.54) is 0 Å². The lowest BCUT2D eigenvalue weighted by molar-refractivity contribution is -0.131. The molecule has 1 aromatic rings. The number of nitrogens with one attached hydrogen (secondary N) is 1. The summed E-state index contributed by atoms with van der Waals surface area (Å²) in [6, 6.07) is 9.97. The molecule has 1 aliphatic rings. The van der Waals surface area contributed by atoms with Crippen molar-refractivity contribution in [3.05, 3.63) is 35.9 Å². The lowest BCUT2D eigenvalue weighted by Crippen LogP contribution is -2.49. The average molecular weight is 377 g/mol. The van der Waals surface area contributed by atoms with Gasteiger partial charge in [0.05, 0.1) is 13.2 Å². The molecule has 1 heterocycles. The van der Waals surface area contributed by atoms with Crippen LogP contribution in [0.15, 0.2) is 30.3 Å². The fraction of sp³-hybridized carbons (Fsp3) is 0.600. The van der Waals surface area contributed by atoms with Crippen LogP contribution < -0.4 is 5.48 Å². The van der Waals surface area contributed by atoms with E-state index >= 15 is 0 Å². The highest BCUT2D eigenvalue weighted by Crippen LogP contribution is 2.15. The summed E-state index contributed by atoms with van der Waals surface area (Å²) in [6.07, 6.45) is 0.462. The first kappa shape index (κ1) is 21.2. The minimum absolute atomic E-state index is 0.285. The Morgan fingerprint density at radius 2 is 1.85 bits per heavy atom. The molecule has 0 unspecified atom stereocenters. The molecule has 1 aromatic carbocycles. The minimum atomic E-state index is -0.543. The van der Waals surface area contributed by atoms with E-state index in [1.807, 2.05) is 51.1 Å². The van der Waals surface area contributed by atoms with E-state index < -0.39 is 11.6 Å². The van der Waals surface area contributed by atoms with Crippen LogP contribution in [0.25, 0.3) is 0 Å². The Labute approximate surface area is 161 Å². The predicted octanol–water partition coefficient (Wildman–Crippen LogP) is 2.22. The van der Waals surface area contributed by atoms with Gasteiger partial charge in [0, 0.05) is 38.1 Å². The number of ether oxygens (including phenoxy) is 1. The van der Waals surface area contributed by atoms with Crippen molar-refractivity contribution in [2.75, 3.05) is 39.4 Å². The fourth-order valence-electron chi connectivity index (χ4n) is 2.88. The zero-order valence-corrected chi connectivity index (χ0v) is 16.6. The van der Waals surface area contributed by atoms with E-state index in [-0.39, 0.29) is 12.3 Å². The SMILES string of the molecule is CC(C)(C)N(CCc1ccccc1)C(=O)ONC(=O)CCN1CCOCC1. The Kier molecular flexibility index (Phi) is 8.06. The number of nitrogens with zero attached hydrogens (tertiary/aromatic N) is 2. The molecular weight excluding hydrogens is 346 g/mol. The summed E-state index contributed by atoms with van der Waals surface area (Å²) < 4.78 is 5.28. The quantitative estimate of drug-likeness (QED) is 0.770. The number of carbonyl (C=O) groups is 2. The number of rotatable bonds is 6. The first-order valence-corrected chi connectivity index (χ1v) is 9.47. The summed E-state index contributed by atoms with van der Waals surface area (Å²) in [5.74, 6) is -0.299. The molecule has 7 heteroatoms. The van der Waals surface area contributed by atoms with Gasteiger partial charge in [0.2, 0.25) is 0 Å². The van der Waals surface area contributed by atoms with Crippen LogP contribution >= 0.6 is 0 Å². The van der Waals surface area contributed by atoms with Gasteiger partial charge in [-0.05, 0) is 32.8 Å². The van der Waals surface area contributed by atoms with Crippen molar-refractivity contribution in [3.8, 4) is 0 Å². The number of morpholine rings is 1. The van der Waals surface area contributed by atoms with Crippen molar-refractivity contribution in [3.63, 3.8) is 0 Å². The third-order valence-electron chi connectivity index (χ3n) is 4.51. The van der Waals surface area contributed by atoms with Crippen LogP contribution in [0.3, 0.4) is 0 Å². The second-order valence-corrected chi connectivity index (χ2v) is 7.66. The van der Waals surface area contributed by atoms with Gasteiger partial charge in [-0.1, -0.05) is 30.3 Å². The second kappa shape index (κ2) is 10.3. The van der Waals surface area contributed by atoms with Gasteiger partial charge in [0.1, 0.15) is 0 Å². The molecule has 27 heavy (non-hydrogen) atoms. The van der Waals surface area contributed by atoms with Crippen LogP contribution in [0.4, 0.5) is 4.79 Å². The first-order chi connectivity index (χ1) is 12.9. The van der Waals surface area contributed by atoms with Crippen LogP contribution in [0, 0.1) is 0 Å². The van der Waals surface area contributed by atoms with Crippen molar-refractivity contribution >= 4 is 12.0 Å². The lowest BCUT2D eigenvalue weighted by atomic mass is 10.1. The Balaban J connectivity index is 1.77. The van der Waals surface area contributed by atoms with Crippen LogP contribution in [0.2, 0.25) is 0 Å². The van der Waals surface area contributed by atoms with Crippen LogP contribution in [-0.4, -0.2) is 66.7 Å². The summed E-state index contributed by atoms with van der Waals surface area (Å²) >= 11 is 0. The van der Waals surface area contributed by atoms with Gasteiger partial charge in [-0.2, -0.15) is 5.48 Å². The predicted molar refractivity (Wildman–Crippen MR) is 103 cm³/mol. The molecule has 2 amide bonds. The molecule has 7 nitrogen and oxygen atoms in total. The maximum absolute atomic E-state index is 12.5. The molecule has 1 fully saturated rings. The molecule has 150 valence electrons. The number of hydroxylamine groups is 1. The van der Waals surface area contributed by atoms with E-state index in [9.17, 15) is 9.59 Å². The Morgan fingerprint density at radius 1 is 1.19 bits per heavy atom. The summed E-state index contributed by atoms with van der Waals surface area (Å²) in [7, 11) is 0. The van der Waals surface area contributed by atoms with Gasteiger partial charge in [0.25, 0.3) is 5.91 Å². The maximum Gasteiger partial charge on any atom is 0.434 e. The molecule has 0 saturated carbocycles. The van der Waals surface area contributed by atoms with E-state index in [4.69, 9.17) is 9.57 Å². The largest absolute Gasteiger partial charge is 0.434 e. The molecule has 2 rings (SSSR count). The minimum Gasteiger partial charge on any atom is -0.379 e. The molecule has 0 radical (unpaired) electrons. The third kappa shape index (κ3) is 7.56. The van der Waals surface area contributed by atoms with Crippen LogP contribution in [-0.2, 0) is 20.8 Å². The highest BCUT2D eigenvalue weighted by Gasteiger charge is 2.28. The molecular formula is C20H31N3O4. The Bertz CT molecular complexity index is 595. The lowest BCUT2D eigenvalue weighted by Gasteiger charge is -2.34. The van der Waals surface area contributed by atoms with Crippen molar-refractivity contribution in [1.29, 1.82) is 0 Å². The van der Waals surface area contributed by atoms with Gasteiger partial charge >= 0.3 is 6.09 Å². The van der Waals surface area contributed by atoms with Crippen LogP contribution in [0.1, 0.15) is 32.8 Å². The normalized spacial score (nSPS) is 15.2. The molecule has 0 atom stereocenters. The average Bonchev–Trinajstić information content (AvgIpc) is 2.65. The fourth-order valence-corrected chi connectivity index (χ4v) is 2.88. The summed E-state index contributed by atoms with van der Waals surface area (Å²) in [5, 5.41) is 0. The summed E-state index contributed by atoms with van der Waals surface area (Å²) in [5.41, 5.74) is 3.02. The molecule has 1 N–H and O–H groups in total. The molecule has 0 bridgehead atoms. The molecule has 1 saturated heterocycles. The Morgan fingerprint density at radius 3 is 2.48 bits per heavy atom. The number of hydrogen-bond acceptors (Lipinski definition) is 5. The third-order valence-corrected chi connectivity index (χ3v) is 4.51. The van der Waals surface area contributed by atoms with Crippen molar-refractivity contribution in [1.82, 2.24) is 15.3 Å².